The van der Waals surface area contributed by atoms with E-state index >= 15 is 0 Å². The highest BCUT2D eigenvalue weighted by Gasteiger charge is 2.43. The molecule has 3 fully saturated rings. The summed E-state index contributed by atoms with van der Waals surface area (Å²) in [5, 5.41) is 3.64. The molecule has 3 heteroatoms. The van der Waals surface area contributed by atoms with Crippen LogP contribution in [0.15, 0.2) is 0 Å². The molecule has 110 valence electrons. The van der Waals surface area contributed by atoms with Crippen LogP contribution in [-0.2, 0) is 9.47 Å². The maximum absolute atomic E-state index is 6.19. The third kappa shape index (κ3) is 2.98. The molecule has 3 aliphatic rings. The summed E-state index contributed by atoms with van der Waals surface area (Å²) in [6.45, 7) is 2.89. The van der Waals surface area contributed by atoms with E-state index in [0.29, 0.717) is 6.04 Å². The zero-order valence-electron chi connectivity index (χ0n) is 12.3. The van der Waals surface area contributed by atoms with E-state index < -0.39 is 0 Å². The Labute approximate surface area is 117 Å². The van der Waals surface area contributed by atoms with Crippen LogP contribution < -0.4 is 5.32 Å². The number of ether oxygens (including phenoxy) is 2. The van der Waals surface area contributed by atoms with Crippen LogP contribution in [0.1, 0.15) is 51.4 Å². The van der Waals surface area contributed by atoms with E-state index in [4.69, 9.17) is 9.47 Å². The molecule has 3 nitrogen and oxygen atoms in total. The molecule has 0 amide bonds. The molecule has 0 aromatic rings. The number of hydrogen-bond acceptors (Lipinski definition) is 3. The highest BCUT2D eigenvalue weighted by Crippen LogP contribution is 2.44. The predicted octanol–water partition coefficient (Wildman–Crippen LogP) is 2.74. The standard InChI is InChI=1S/C16H29NO2/c1-17-15(13-4-9-18-10-5-13)14-6-11-19-16(12-14)7-2-3-8-16/h13-15,17H,2-12H2,1H3. The lowest BCUT2D eigenvalue weighted by molar-refractivity contribution is -0.103. The normalized spacial score (nSPS) is 33.6. The lowest BCUT2D eigenvalue weighted by atomic mass is 9.75. The highest BCUT2D eigenvalue weighted by molar-refractivity contribution is 4.95. The monoisotopic (exact) mass is 267 g/mol. The largest absolute Gasteiger partial charge is 0.381 e. The Morgan fingerprint density at radius 3 is 2.37 bits per heavy atom. The van der Waals surface area contributed by atoms with Crippen molar-refractivity contribution in [3.8, 4) is 0 Å². The Morgan fingerprint density at radius 1 is 1.00 bits per heavy atom. The third-order valence-corrected chi connectivity index (χ3v) is 5.66. The third-order valence-electron chi connectivity index (χ3n) is 5.66. The summed E-state index contributed by atoms with van der Waals surface area (Å²) in [5.74, 6) is 1.61. The van der Waals surface area contributed by atoms with Crippen molar-refractivity contribution in [2.45, 2.75) is 63.0 Å². The number of rotatable bonds is 3. The van der Waals surface area contributed by atoms with Crippen molar-refractivity contribution in [2.24, 2.45) is 11.8 Å². The van der Waals surface area contributed by atoms with Gasteiger partial charge in [0.25, 0.3) is 0 Å². The molecule has 0 bridgehead atoms. The maximum Gasteiger partial charge on any atom is 0.0685 e. The topological polar surface area (TPSA) is 30.5 Å². The Morgan fingerprint density at radius 2 is 1.68 bits per heavy atom. The Balaban J connectivity index is 1.64. The van der Waals surface area contributed by atoms with Gasteiger partial charge in [0.05, 0.1) is 5.60 Å². The molecule has 2 saturated heterocycles. The Hall–Kier alpha value is -0.120. The number of nitrogens with one attached hydrogen (secondary N) is 1. The maximum atomic E-state index is 6.19. The van der Waals surface area contributed by atoms with E-state index in [0.717, 1.165) is 31.7 Å². The minimum atomic E-state index is 0.253. The van der Waals surface area contributed by atoms with Gasteiger partial charge in [0.2, 0.25) is 0 Å². The van der Waals surface area contributed by atoms with Crippen molar-refractivity contribution >= 4 is 0 Å². The van der Waals surface area contributed by atoms with Gasteiger partial charge in [0, 0.05) is 25.9 Å². The molecule has 1 N–H and O–H groups in total. The van der Waals surface area contributed by atoms with Crippen LogP contribution in [0.4, 0.5) is 0 Å². The van der Waals surface area contributed by atoms with Crippen LogP contribution in [0.2, 0.25) is 0 Å². The predicted molar refractivity (Wildman–Crippen MR) is 76.3 cm³/mol. The summed E-state index contributed by atoms with van der Waals surface area (Å²) < 4.78 is 11.7. The lowest BCUT2D eigenvalue weighted by Gasteiger charge is -2.44. The molecule has 3 rings (SSSR count). The van der Waals surface area contributed by atoms with Gasteiger partial charge in [-0.05, 0) is 57.4 Å². The van der Waals surface area contributed by atoms with Crippen molar-refractivity contribution in [1.82, 2.24) is 5.32 Å². The van der Waals surface area contributed by atoms with Gasteiger partial charge in [-0.1, -0.05) is 12.8 Å². The van der Waals surface area contributed by atoms with Crippen LogP contribution in [-0.4, -0.2) is 38.5 Å². The first-order valence-corrected chi connectivity index (χ1v) is 8.22. The SMILES string of the molecule is CNC(C1CCOCC1)C1CCOC2(CCCC2)C1. The van der Waals surface area contributed by atoms with Crippen LogP contribution in [0.5, 0.6) is 0 Å². The minimum absolute atomic E-state index is 0.253. The highest BCUT2D eigenvalue weighted by atomic mass is 16.5. The second-order valence-electron chi connectivity index (χ2n) is 6.76. The molecule has 1 aliphatic carbocycles. The Bertz CT molecular complexity index is 282. The van der Waals surface area contributed by atoms with Crippen molar-refractivity contribution in [1.29, 1.82) is 0 Å². The summed E-state index contributed by atoms with van der Waals surface area (Å²) in [6.07, 6.45) is 10.3. The van der Waals surface area contributed by atoms with Crippen LogP contribution in [0, 0.1) is 11.8 Å². The molecule has 0 radical (unpaired) electrons. The van der Waals surface area contributed by atoms with Crippen LogP contribution in [0.25, 0.3) is 0 Å². The number of hydrogen-bond donors (Lipinski definition) is 1. The fourth-order valence-electron chi connectivity index (χ4n) is 4.67. The van der Waals surface area contributed by atoms with Crippen LogP contribution in [0.3, 0.4) is 0 Å². The zero-order valence-corrected chi connectivity index (χ0v) is 12.3. The molecule has 2 heterocycles. The summed E-state index contributed by atoms with van der Waals surface area (Å²) in [5.41, 5.74) is 0.253. The van der Waals surface area contributed by atoms with Gasteiger partial charge in [-0.25, -0.2) is 0 Å². The lowest BCUT2D eigenvalue weighted by Crippen LogP contribution is -2.49. The van der Waals surface area contributed by atoms with Gasteiger partial charge < -0.3 is 14.8 Å². The molecule has 2 unspecified atom stereocenters. The molecule has 1 saturated carbocycles. The summed E-state index contributed by atoms with van der Waals surface area (Å²) in [7, 11) is 2.15. The fourth-order valence-corrected chi connectivity index (χ4v) is 4.67. The first-order chi connectivity index (χ1) is 9.33. The molecular weight excluding hydrogens is 238 g/mol. The smallest absolute Gasteiger partial charge is 0.0685 e. The Kier molecular flexibility index (Phi) is 4.45. The second-order valence-corrected chi connectivity index (χ2v) is 6.76. The second kappa shape index (κ2) is 6.11. The van der Waals surface area contributed by atoms with E-state index in [-0.39, 0.29) is 5.60 Å². The summed E-state index contributed by atoms with van der Waals surface area (Å²) >= 11 is 0. The first kappa shape index (κ1) is 13.8. The first-order valence-electron chi connectivity index (χ1n) is 8.22. The summed E-state index contributed by atoms with van der Waals surface area (Å²) in [4.78, 5) is 0. The molecule has 2 atom stereocenters. The van der Waals surface area contributed by atoms with Gasteiger partial charge in [-0.15, -0.1) is 0 Å². The zero-order chi connectivity index (χ0) is 13.1. The fraction of sp³-hybridized carbons (Fsp3) is 1.00. The van der Waals surface area contributed by atoms with Crippen molar-refractivity contribution in [3.63, 3.8) is 0 Å². The molecule has 19 heavy (non-hydrogen) atoms. The van der Waals surface area contributed by atoms with Crippen LogP contribution >= 0.6 is 0 Å². The molecule has 2 aliphatic heterocycles. The van der Waals surface area contributed by atoms with Gasteiger partial charge in [0.15, 0.2) is 0 Å². The van der Waals surface area contributed by atoms with Gasteiger partial charge >= 0.3 is 0 Å². The van der Waals surface area contributed by atoms with Crippen molar-refractivity contribution in [2.75, 3.05) is 26.9 Å². The summed E-state index contributed by atoms with van der Waals surface area (Å²) in [6, 6.07) is 0.672. The average molecular weight is 267 g/mol. The van der Waals surface area contributed by atoms with E-state index in [9.17, 15) is 0 Å². The van der Waals surface area contributed by atoms with Gasteiger partial charge in [-0.3, -0.25) is 0 Å². The van der Waals surface area contributed by atoms with Crippen molar-refractivity contribution in [3.05, 3.63) is 0 Å². The van der Waals surface area contributed by atoms with E-state index in [1.165, 1.54) is 51.4 Å². The van der Waals surface area contributed by atoms with E-state index in [2.05, 4.69) is 12.4 Å². The minimum Gasteiger partial charge on any atom is -0.381 e. The van der Waals surface area contributed by atoms with E-state index in [1.807, 2.05) is 0 Å². The van der Waals surface area contributed by atoms with Gasteiger partial charge in [0.1, 0.15) is 0 Å². The molecular formula is C16H29NO2. The average Bonchev–Trinajstić information content (AvgIpc) is 2.89. The molecule has 0 aromatic heterocycles. The van der Waals surface area contributed by atoms with Gasteiger partial charge in [-0.2, -0.15) is 0 Å². The quantitative estimate of drug-likeness (QED) is 0.853. The molecule has 0 aromatic carbocycles. The van der Waals surface area contributed by atoms with E-state index in [1.54, 1.807) is 0 Å². The molecule has 1 spiro atoms. The van der Waals surface area contributed by atoms with Crippen molar-refractivity contribution < 1.29 is 9.47 Å².